The van der Waals surface area contributed by atoms with E-state index in [-0.39, 0.29) is 0 Å². The van der Waals surface area contributed by atoms with Gasteiger partial charge in [-0.3, -0.25) is 0 Å². The smallest absolute Gasteiger partial charge is 0.180 e. The predicted molar refractivity (Wildman–Crippen MR) is 251 cm³/mol. The van der Waals surface area contributed by atoms with Crippen molar-refractivity contribution in [3.05, 3.63) is 194 Å². The van der Waals surface area contributed by atoms with E-state index in [0.717, 1.165) is 93.8 Å². The van der Waals surface area contributed by atoms with E-state index in [1.54, 1.807) is 0 Å². The van der Waals surface area contributed by atoms with Gasteiger partial charge in [0.1, 0.15) is 28.0 Å². The van der Waals surface area contributed by atoms with Gasteiger partial charge >= 0.3 is 0 Å². The molecule has 0 saturated heterocycles. The van der Waals surface area contributed by atoms with Crippen LogP contribution in [0.15, 0.2) is 203 Å². The number of aromatic nitrogens is 6. The second-order valence-electron chi connectivity index (χ2n) is 15.6. The lowest BCUT2D eigenvalue weighted by atomic mass is 10.0. The number of furan rings is 2. The summed E-state index contributed by atoms with van der Waals surface area (Å²) in [6, 6.07) is 65.8. The molecule has 0 radical (unpaired) electrons. The minimum absolute atomic E-state index is 0.552. The summed E-state index contributed by atoms with van der Waals surface area (Å²) in [6.07, 6.45) is 0. The lowest BCUT2D eigenvalue weighted by molar-refractivity contribution is 0.667. The highest BCUT2D eigenvalue weighted by Crippen LogP contribution is 2.41. The Morgan fingerprint density at radius 1 is 0.349 bits per heavy atom. The van der Waals surface area contributed by atoms with Crippen LogP contribution in [-0.4, -0.2) is 29.5 Å². The van der Waals surface area contributed by atoms with E-state index in [0.29, 0.717) is 34.5 Å². The minimum atomic E-state index is 0.552. The number of nitrogens with zero attached hydrogens (tertiary/aromatic N) is 6. The number of hydrogen-bond acceptors (Lipinski definition) is 7. The second-order valence-corrected chi connectivity index (χ2v) is 15.6. The van der Waals surface area contributed by atoms with Crippen LogP contribution in [0.25, 0.3) is 128 Å². The summed E-state index contributed by atoms with van der Waals surface area (Å²) in [5, 5.41) is 5.06. The van der Waals surface area contributed by atoms with Crippen molar-refractivity contribution < 1.29 is 8.83 Å². The van der Waals surface area contributed by atoms with Crippen molar-refractivity contribution in [2.45, 2.75) is 0 Å². The molecule has 0 unspecified atom stereocenters. The van der Waals surface area contributed by atoms with Gasteiger partial charge in [0.05, 0.1) is 11.0 Å². The quantitative estimate of drug-likeness (QED) is 0.165. The van der Waals surface area contributed by atoms with E-state index in [4.69, 9.17) is 33.8 Å². The fraction of sp³-hybridized carbons (Fsp3) is 0. The van der Waals surface area contributed by atoms with E-state index < -0.39 is 0 Å². The van der Waals surface area contributed by atoms with Gasteiger partial charge in [0.2, 0.25) is 0 Å². The van der Waals surface area contributed by atoms with Crippen LogP contribution >= 0.6 is 0 Å². The molecular formula is C55H32N6O2. The van der Waals surface area contributed by atoms with Crippen LogP contribution in [0, 0.1) is 0 Å². The highest BCUT2D eigenvalue weighted by Gasteiger charge is 2.22. The Morgan fingerprint density at radius 2 is 0.968 bits per heavy atom. The molecule has 0 aliphatic rings. The van der Waals surface area contributed by atoms with Gasteiger partial charge in [-0.15, -0.1) is 0 Å². The normalized spacial score (nSPS) is 11.8. The zero-order valence-electron chi connectivity index (χ0n) is 33.5. The lowest BCUT2D eigenvalue weighted by Gasteiger charge is -2.10. The minimum Gasteiger partial charge on any atom is -0.456 e. The first-order valence-electron chi connectivity index (χ1n) is 20.8. The molecule has 0 aliphatic carbocycles. The molecule has 294 valence electrons. The first kappa shape index (κ1) is 35.0. The fourth-order valence-electron chi connectivity index (χ4n) is 8.97. The topological polar surface area (TPSA) is 95.7 Å². The van der Waals surface area contributed by atoms with Crippen molar-refractivity contribution in [3.63, 3.8) is 0 Å². The van der Waals surface area contributed by atoms with E-state index >= 15 is 0 Å². The third-order valence-corrected chi connectivity index (χ3v) is 11.9. The van der Waals surface area contributed by atoms with Crippen molar-refractivity contribution in [1.82, 2.24) is 29.5 Å². The highest BCUT2D eigenvalue weighted by molar-refractivity contribution is 6.13. The predicted octanol–water partition coefficient (Wildman–Crippen LogP) is 13.9. The van der Waals surface area contributed by atoms with Crippen LogP contribution < -0.4 is 0 Å². The van der Waals surface area contributed by atoms with Crippen LogP contribution in [0.4, 0.5) is 0 Å². The number of fused-ring (bicyclic) bond motifs is 9. The van der Waals surface area contributed by atoms with Gasteiger partial charge in [-0.2, -0.15) is 0 Å². The van der Waals surface area contributed by atoms with Gasteiger partial charge in [-0.05, 0) is 66.7 Å². The zero-order valence-corrected chi connectivity index (χ0v) is 33.5. The Kier molecular flexibility index (Phi) is 7.74. The molecule has 13 aromatic rings. The molecule has 0 saturated carbocycles. The van der Waals surface area contributed by atoms with Crippen molar-refractivity contribution in [2.24, 2.45) is 0 Å². The lowest BCUT2D eigenvalue weighted by Crippen LogP contribution is -2.00. The fourth-order valence-corrected chi connectivity index (χ4v) is 8.97. The monoisotopic (exact) mass is 808 g/mol. The maximum absolute atomic E-state index is 6.64. The van der Waals surface area contributed by atoms with Crippen LogP contribution in [0.1, 0.15) is 0 Å². The van der Waals surface area contributed by atoms with Crippen molar-refractivity contribution in [1.29, 1.82) is 0 Å². The van der Waals surface area contributed by atoms with Crippen LogP contribution in [-0.2, 0) is 0 Å². The molecule has 5 heterocycles. The zero-order chi connectivity index (χ0) is 41.4. The Bertz CT molecular complexity index is 3910. The molecular weight excluding hydrogens is 777 g/mol. The molecule has 0 aliphatic heterocycles. The Balaban J connectivity index is 0.978. The van der Waals surface area contributed by atoms with E-state index in [1.165, 1.54) is 0 Å². The molecule has 0 amide bonds. The maximum Gasteiger partial charge on any atom is 0.180 e. The van der Waals surface area contributed by atoms with E-state index in [1.807, 2.05) is 109 Å². The summed E-state index contributed by atoms with van der Waals surface area (Å²) in [7, 11) is 0. The standard InChI is InChI=1S/C55H32N6O2/c1-4-15-33(16-5-1)49-51-50(40-22-11-13-25-45(40)63-51)57-53(56-49)36-27-29-39-47(32-36)62-46-26-14-23-41(48(39)46)55-59-52(34-17-6-2-7-18-34)58-54(60-55)35-28-30-44-42(31-35)38-21-10-12-24-43(38)61(44)37-19-8-3-9-20-37/h1-32H. The number of hydrogen-bond donors (Lipinski definition) is 0. The molecule has 5 aromatic heterocycles. The van der Waals surface area contributed by atoms with Crippen molar-refractivity contribution >= 4 is 65.8 Å². The third-order valence-electron chi connectivity index (χ3n) is 11.9. The maximum atomic E-state index is 6.64. The molecule has 63 heavy (non-hydrogen) atoms. The average Bonchev–Trinajstić information content (AvgIpc) is 4.03. The number of rotatable bonds is 6. The van der Waals surface area contributed by atoms with Crippen LogP contribution in [0.5, 0.6) is 0 Å². The van der Waals surface area contributed by atoms with Gasteiger partial charge in [0.25, 0.3) is 0 Å². The first-order valence-corrected chi connectivity index (χ1v) is 20.8. The Hall–Kier alpha value is -8.75. The van der Waals surface area contributed by atoms with Crippen molar-refractivity contribution in [3.8, 4) is 62.5 Å². The summed E-state index contributed by atoms with van der Waals surface area (Å²) >= 11 is 0. The van der Waals surface area contributed by atoms with Crippen molar-refractivity contribution in [2.75, 3.05) is 0 Å². The SMILES string of the molecule is c1ccc(-c2nc(-c3ccc4c(c3)c3ccccc3n4-c3ccccc3)nc(-c3cccc4oc5cc(-c6nc(-c7ccccc7)c7oc8ccccc8c7n6)ccc5c34)n2)cc1. The molecule has 8 nitrogen and oxygen atoms in total. The van der Waals surface area contributed by atoms with Crippen LogP contribution in [0.3, 0.4) is 0 Å². The third kappa shape index (κ3) is 5.66. The molecule has 0 atom stereocenters. The molecule has 0 fully saturated rings. The second kappa shape index (κ2) is 13.9. The highest BCUT2D eigenvalue weighted by atomic mass is 16.3. The van der Waals surface area contributed by atoms with Crippen LogP contribution in [0.2, 0.25) is 0 Å². The average molecular weight is 809 g/mol. The van der Waals surface area contributed by atoms with E-state index in [2.05, 4.69) is 89.5 Å². The first-order chi connectivity index (χ1) is 31.2. The van der Waals surface area contributed by atoms with Gasteiger partial charge in [0.15, 0.2) is 28.9 Å². The molecule has 0 spiro atoms. The van der Waals surface area contributed by atoms with Gasteiger partial charge in [-0.25, -0.2) is 24.9 Å². The number of benzene rings is 8. The van der Waals surface area contributed by atoms with Gasteiger partial charge < -0.3 is 13.4 Å². The summed E-state index contributed by atoms with van der Waals surface area (Å²) < 4.78 is 15.3. The molecule has 8 heteroatoms. The van der Waals surface area contributed by atoms with E-state index in [9.17, 15) is 0 Å². The summed E-state index contributed by atoms with van der Waals surface area (Å²) in [6.45, 7) is 0. The Morgan fingerprint density at radius 3 is 1.79 bits per heavy atom. The summed E-state index contributed by atoms with van der Waals surface area (Å²) in [5.74, 6) is 2.30. The molecule has 13 rings (SSSR count). The number of para-hydroxylation sites is 3. The van der Waals surface area contributed by atoms with Gasteiger partial charge in [-0.1, -0.05) is 127 Å². The molecule has 0 N–H and O–H groups in total. The molecule has 0 bridgehead atoms. The largest absolute Gasteiger partial charge is 0.456 e. The summed E-state index contributed by atoms with van der Waals surface area (Å²) in [5.41, 5.74) is 12.1. The Labute approximate surface area is 359 Å². The van der Waals surface area contributed by atoms with Gasteiger partial charge in [0, 0.05) is 60.4 Å². The summed E-state index contributed by atoms with van der Waals surface area (Å²) in [4.78, 5) is 25.7. The molecule has 8 aromatic carbocycles.